The molecule has 220 valence electrons. The Labute approximate surface area is 268 Å². The topological polar surface area (TPSA) is 51.8 Å². The molecule has 4 nitrogen and oxygen atoms in total. The fourth-order valence-corrected chi connectivity index (χ4v) is 6.76. The summed E-state index contributed by atoms with van der Waals surface area (Å²) < 4.78 is 6.71. The second-order valence-corrected chi connectivity index (χ2v) is 12.2. The Morgan fingerprint density at radius 3 is 2.13 bits per heavy atom. The Bertz CT molecular complexity index is 2380. The summed E-state index contributed by atoms with van der Waals surface area (Å²) >= 11 is 0. The number of aromatic nitrogens is 3. The van der Waals surface area contributed by atoms with Crippen molar-refractivity contribution < 1.29 is 4.42 Å². The third-order valence-electron chi connectivity index (χ3n) is 9.08. The van der Waals surface area contributed by atoms with E-state index in [1.54, 1.807) is 6.08 Å². The number of benzene rings is 5. The predicted molar refractivity (Wildman–Crippen MR) is 189 cm³/mol. The van der Waals surface area contributed by atoms with Crippen LogP contribution in [0.5, 0.6) is 0 Å². The number of hydrogen-bond donors (Lipinski definition) is 0. The zero-order valence-corrected chi connectivity index (χ0v) is 25.8. The number of allylic oxidation sites excluding steroid dienone is 4. The number of furan rings is 1. The van der Waals surface area contributed by atoms with Gasteiger partial charge in [-0.2, -0.15) is 0 Å². The lowest BCUT2D eigenvalue weighted by Gasteiger charge is -2.21. The van der Waals surface area contributed by atoms with Gasteiger partial charge in [0.15, 0.2) is 17.5 Å². The molecule has 0 saturated carbocycles. The van der Waals surface area contributed by atoms with Crippen LogP contribution in [0.25, 0.3) is 72.8 Å². The largest absolute Gasteiger partial charge is 0.455 e. The van der Waals surface area contributed by atoms with Crippen LogP contribution in [-0.4, -0.2) is 15.0 Å². The van der Waals surface area contributed by atoms with Crippen molar-refractivity contribution in [3.8, 4) is 45.3 Å². The molecule has 0 N–H and O–H groups in total. The van der Waals surface area contributed by atoms with Crippen molar-refractivity contribution in [2.45, 2.75) is 19.3 Å². The van der Waals surface area contributed by atoms with E-state index >= 15 is 0 Å². The minimum absolute atomic E-state index is 0.115. The Hall–Kier alpha value is -5.87. The number of rotatable bonds is 6. The van der Waals surface area contributed by atoms with Gasteiger partial charge in [0.1, 0.15) is 11.2 Å². The summed E-state index contributed by atoms with van der Waals surface area (Å²) in [7, 11) is 0. The van der Waals surface area contributed by atoms with Gasteiger partial charge in [-0.1, -0.05) is 130 Å². The highest BCUT2D eigenvalue weighted by Gasteiger charge is 2.36. The minimum atomic E-state index is -0.115. The summed E-state index contributed by atoms with van der Waals surface area (Å²) in [5, 5.41) is 2.12. The number of hydrogen-bond acceptors (Lipinski definition) is 4. The maximum atomic E-state index is 6.71. The molecule has 2 aromatic heterocycles. The lowest BCUT2D eigenvalue weighted by atomic mass is 9.82. The first kappa shape index (κ1) is 27.7. The van der Waals surface area contributed by atoms with E-state index in [1.165, 1.54) is 22.3 Å². The van der Waals surface area contributed by atoms with Crippen LogP contribution in [0.15, 0.2) is 145 Å². The fraction of sp³-hybridized carbons (Fsp3) is 0.0714. The molecule has 7 aromatic rings. The number of fused-ring (bicyclic) bond motifs is 6. The van der Waals surface area contributed by atoms with Crippen molar-refractivity contribution >= 4 is 27.5 Å². The zero-order chi connectivity index (χ0) is 31.4. The molecule has 4 heteroatoms. The van der Waals surface area contributed by atoms with E-state index in [4.69, 9.17) is 19.4 Å². The molecule has 2 heterocycles. The summed E-state index contributed by atoms with van der Waals surface area (Å²) in [6.45, 7) is 12.4. The van der Waals surface area contributed by atoms with Crippen molar-refractivity contribution in [1.82, 2.24) is 15.0 Å². The number of para-hydroxylation sites is 1. The molecular weight excluding hydrogens is 562 g/mol. The van der Waals surface area contributed by atoms with E-state index in [2.05, 4.69) is 81.6 Å². The van der Waals surface area contributed by atoms with Crippen LogP contribution < -0.4 is 0 Å². The fourth-order valence-electron chi connectivity index (χ4n) is 6.76. The highest BCUT2D eigenvalue weighted by atomic mass is 16.3. The quantitative estimate of drug-likeness (QED) is 0.180. The second-order valence-electron chi connectivity index (χ2n) is 12.2. The Morgan fingerprint density at radius 1 is 0.630 bits per heavy atom. The van der Waals surface area contributed by atoms with Gasteiger partial charge in [0.05, 0.1) is 5.56 Å². The Morgan fingerprint density at radius 2 is 1.33 bits per heavy atom. The van der Waals surface area contributed by atoms with Crippen molar-refractivity contribution in [3.63, 3.8) is 0 Å². The number of nitrogens with zero attached hydrogens (tertiary/aromatic N) is 3. The lowest BCUT2D eigenvalue weighted by Crippen LogP contribution is -2.14. The summed E-state index contributed by atoms with van der Waals surface area (Å²) in [6.07, 6.45) is 5.53. The molecule has 0 saturated heterocycles. The standard InChI is InChI=1S/C42H31N3O/c1-5-14-26(6-2)28-17-12-18-29(23-28)40-43-39(27-15-8-7-9-16-27)44-41(45-40)32-21-13-20-31-34-24-33-30-19-10-11-22-35(30)42(3,4)36(33)25-37(34)46-38(31)32/h5-25H,1-2H2,3-4H3/b26-14+. The predicted octanol–water partition coefficient (Wildman–Crippen LogP) is 10.8. The van der Waals surface area contributed by atoms with E-state index in [9.17, 15) is 0 Å². The zero-order valence-electron chi connectivity index (χ0n) is 25.8. The lowest BCUT2D eigenvalue weighted by molar-refractivity contribution is 0.647. The van der Waals surface area contributed by atoms with Crippen molar-refractivity contribution in [3.05, 3.63) is 157 Å². The van der Waals surface area contributed by atoms with Gasteiger partial charge in [-0.05, 0) is 57.7 Å². The van der Waals surface area contributed by atoms with Gasteiger partial charge >= 0.3 is 0 Å². The Kier molecular flexibility index (Phi) is 6.40. The van der Waals surface area contributed by atoms with Crippen LogP contribution in [0.4, 0.5) is 0 Å². The van der Waals surface area contributed by atoms with Gasteiger partial charge in [0.25, 0.3) is 0 Å². The molecule has 0 fully saturated rings. The van der Waals surface area contributed by atoms with Crippen molar-refractivity contribution in [1.29, 1.82) is 0 Å². The van der Waals surface area contributed by atoms with E-state index in [0.717, 1.165) is 49.8 Å². The van der Waals surface area contributed by atoms with Crippen LogP contribution >= 0.6 is 0 Å². The summed E-state index contributed by atoms with van der Waals surface area (Å²) in [4.78, 5) is 15.0. The molecule has 0 spiro atoms. The minimum Gasteiger partial charge on any atom is -0.455 e. The summed E-state index contributed by atoms with van der Waals surface area (Å²) in [5.74, 6) is 1.74. The molecule has 0 amide bonds. The van der Waals surface area contributed by atoms with E-state index in [1.807, 2.05) is 66.7 Å². The molecule has 0 radical (unpaired) electrons. The third kappa shape index (κ3) is 4.33. The van der Waals surface area contributed by atoms with Crippen LogP contribution in [0, 0.1) is 0 Å². The van der Waals surface area contributed by atoms with Crippen LogP contribution in [0.2, 0.25) is 0 Å². The normalized spacial score (nSPS) is 13.5. The van der Waals surface area contributed by atoms with Crippen molar-refractivity contribution in [2.24, 2.45) is 0 Å². The average Bonchev–Trinajstić information content (AvgIpc) is 3.58. The van der Waals surface area contributed by atoms with Crippen LogP contribution in [0.1, 0.15) is 30.5 Å². The van der Waals surface area contributed by atoms with E-state index in [0.29, 0.717) is 17.5 Å². The second kappa shape index (κ2) is 10.6. The first-order valence-electron chi connectivity index (χ1n) is 15.4. The molecule has 0 aliphatic heterocycles. The van der Waals surface area contributed by atoms with Gasteiger partial charge < -0.3 is 4.42 Å². The average molecular weight is 594 g/mol. The molecule has 46 heavy (non-hydrogen) atoms. The highest BCUT2D eigenvalue weighted by molar-refractivity contribution is 6.11. The molecule has 8 rings (SSSR count). The van der Waals surface area contributed by atoms with Crippen LogP contribution in [0.3, 0.4) is 0 Å². The van der Waals surface area contributed by atoms with Gasteiger partial charge in [-0.3, -0.25) is 0 Å². The van der Waals surface area contributed by atoms with Gasteiger partial charge in [-0.25, -0.2) is 15.0 Å². The highest BCUT2D eigenvalue weighted by Crippen LogP contribution is 2.51. The molecule has 1 aliphatic carbocycles. The van der Waals surface area contributed by atoms with Gasteiger partial charge in [-0.15, -0.1) is 0 Å². The summed E-state index contributed by atoms with van der Waals surface area (Å²) in [6, 6.07) is 37.6. The van der Waals surface area contributed by atoms with E-state index in [-0.39, 0.29) is 5.41 Å². The first-order valence-corrected chi connectivity index (χ1v) is 15.4. The maximum absolute atomic E-state index is 6.71. The summed E-state index contributed by atoms with van der Waals surface area (Å²) in [5.41, 5.74) is 11.3. The molecular formula is C42H31N3O. The maximum Gasteiger partial charge on any atom is 0.167 e. The SMILES string of the molecule is C=C/C=C(\C=C)c1cccc(-c2nc(-c3ccccc3)nc(-c3cccc4c3oc3cc5c(cc34)-c3ccccc3C5(C)C)n2)c1. The molecule has 0 unspecified atom stereocenters. The first-order chi connectivity index (χ1) is 22.5. The smallest absolute Gasteiger partial charge is 0.167 e. The molecule has 0 bridgehead atoms. The van der Waals surface area contributed by atoms with Crippen LogP contribution in [-0.2, 0) is 5.41 Å². The third-order valence-corrected chi connectivity index (χ3v) is 9.08. The molecule has 5 aromatic carbocycles. The van der Waals surface area contributed by atoms with Crippen molar-refractivity contribution in [2.75, 3.05) is 0 Å². The Balaban J connectivity index is 1.34. The molecule has 0 atom stereocenters. The van der Waals surface area contributed by atoms with E-state index < -0.39 is 0 Å². The van der Waals surface area contributed by atoms with Gasteiger partial charge in [0.2, 0.25) is 0 Å². The molecule has 1 aliphatic rings. The van der Waals surface area contributed by atoms with Gasteiger partial charge in [0, 0.05) is 27.3 Å². The monoisotopic (exact) mass is 593 g/mol.